The Hall–Kier alpha value is -6.01. The van der Waals surface area contributed by atoms with Crippen molar-refractivity contribution >= 4 is 63.0 Å². The van der Waals surface area contributed by atoms with Crippen molar-refractivity contribution in [2.24, 2.45) is 0 Å². The smallest absolute Gasteiger partial charge is 0.165 e. The van der Waals surface area contributed by atoms with Crippen molar-refractivity contribution in [2.45, 2.75) is 0 Å². The van der Waals surface area contributed by atoms with Gasteiger partial charge in [0.25, 0.3) is 0 Å². The molecule has 0 unspecified atom stereocenters. The van der Waals surface area contributed by atoms with Gasteiger partial charge in [-0.3, -0.25) is 0 Å². The van der Waals surface area contributed by atoms with E-state index in [0.29, 0.717) is 17.5 Å². The van der Waals surface area contributed by atoms with Gasteiger partial charge in [-0.05, 0) is 46.5 Å². The van der Waals surface area contributed by atoms with E-state index in [2.05, 4.69) is 158 Å². The molecule has 0 spiro atoms. The fourth-order valence-electron chi connectivity index (χ4n) is 7.03. The van der Waals surface area contributed by atoms with E-state index in [1.165, 1.54) is 40.3 Å². The molecule has 0 fully saturated rings. The van der Waals surface area contributed by atoms with Crippen LogP contribution in [0.5, 0.6) is 0 Å². The standard InChI is InChI=1S/C45H27N3S2/c1-2-13-28(14-3-1)30-15-4-6-19-36(30)43-46-44(48-45(47-43)38-22-12-21-35-33-18-9-11-24-40(33)50-42(35)38)37-20-7-5-16-31(37)29-25-26-34-32-17-8-10-23-39(32)49-41(34)27-29/h1-27H. The highest BCUT2D eigenvalue weighted by atomic mass is 32.1. The van der Waals surface area contributed by atoms with Gasteiger partial charge in [0.1, 0.15) is 0 Å². The molecule has 0 aliphatic rings. The highest BCUT2D eigenvalue weighted by molar-refractivity contribution is 7.26. The Morgan fingerprint density at radius 2 is 0.780 bits per heavy atom. The van der Waals surface area contributed by atoms with Crippen LogP contribution in [0.1, 0.15) is 0 Å². The molecule has 0 radical (unpaired) electrons. The molecule has 0 saturated carbocycles. The minimum absolute atomic E-state index is 0.650. The molecule has 3 heterocycles. The van der Waals surface area contributed by atoms with Gasteiger partial charge in [-0.15, -0.1) is 22.7 Å². The van der Waals surface area contributed by atoms with E-state index in [0.717, 1.165) is 38.9 Å². The van der Waals surface area contributed by atoms with E-state index in [-0.39, 0.29) is 0 Å². The number of hydrogen-bond donors (Lipinski definition) is 0. The fourth-order valence-corrected chi connectivity index (χ4v) is 9.39. The second-order valence-corrected chi connectivity index (χ2v) is 14.5. The number of rotatable bonds is 5. The summed E-state index contributed by atoms with van der Waals surface area (Å²) in [7, 11) is 0. The first-order valence-corrected chi connectivity index (χ1v) is 18.2. The van der Waals surface area contributed by atoms with E-state index in [9.17, 15) is 0 Å². The average Bonchev–Trinajstić information content (AvgIpc) is 3.76. The first-order chi connectivity index (χ1) is 24.8. The Bertz CT molecular complexity index is 2890. The van der Waals surface area contributed by atoms with Crippen LogP contribution in [-0.4, -0.2) is 15.0 Å². The first-order valence-electron chi connectivity index (χ1n) is 16.6. The number of hydrogen-bond acceptors (Lipinski definition) is 5. The Morgan fingerprint density at radius 1 is 0.300 bits per heavy atom. The maximum Gasteiger partial charge on any atom is 0.165 e. The molecule has 50 heavy (non-hydrogen) atoms. The fraction of sp³-hybridized carbons (Fsp3) is 0. The van der Waals surface area contributed by atoms with Crippen LogP contribution in [-0.2, 0) is 0 Å². The quantitative estimate of drug-likeness (QED) is 0.182. The lowest BCUT2D eigenvalue weighted by atomic mass is 9.97. The van der Waals surface area contributed by atoms with Crippen LogP contribution >= 0.6 is 22.7 Å². The molecule has 10 rings (SSSR count). The summed E-state index contributed by atoms with van der Waals surface area (Å²) in [6, 6.07) is 57.8. The molecule has 0 N–H and O–H groups in total. The van der Waals surface area contributed by atoms with Crippen molar-refractivity contribution in [3.63, 3.8) is 0 Å². The van der Waals surface area contributed by atoms with E-state index >= 15 is 0 Å². The van der Waals surface area contributed by atoms with Crippen molar-refractivity contribution in [3.05, 3.63) is 164 Å². The molecule has 0 aliphatic carbocycles. The second-order valence-electron chi connectivity index (χ2n) is 12.4. The Balaban J connectivity index is 1.22. The predicted molar refractivity (Wildman–Crippen MR) is 213 cm³/mol. The van der Waals surface area contributed by atoms with Crippen molar-refractivity contribution in [1.82, 2.24) is 15.0 Å². The molecule has 0 atom stereocenters. The van der Waals surface area contributed by atoms with Gasteiger partial charge < -0.3 is 0 Å². The molecule has 0 saturated heterocycles. The maximum atomic E-state index is 5.29. The Labute approximate surface area is 296 Å². The topological polar surface area (TPSA) is 38.7 Å². The van der Waals surface area contributed by atoms with Gasteiger partial charge >= 0.3 is 0 Å². The van der Waals surface area contributed by atoms with Crippen LogP contribution in [0.15, 0.2) is 164 Å². The minimum atomic E-state index is 0.650. The Kier molecular flexibility index (Phi) is 6.86. The van der Waals surface area contributed by atoms with Gasteiger partial charge in [0.2, 0.25) is 0 Å². The lowest BCUT2D eigenvalue weighted by Crippen LogP contribution is -2.02. The number of aromatic nitrogens is 3. The normalized spacial score (nSPS) is 11.6. The molecular weight excluding hydrogens is 647 g/mol. The van der Waals surface area contributed by atoms with Crippen molar-refractivity contribution in [3.8, 4) is 56.4 Å². The number of benzene rings is 7. The van der Waals surface area contributed by atoms with E-state index in [4.69, 9.17) is 15.0 Å². The zero-order chi connectivity index (χ0) is 33.0. The molecular formula is C45H27N3S2. The summed E-state index contributed by atoms with van der Waals surface area (Å²) < 4.78 is 4.99. The SMILES string of the molecule is c1ccc(-c2ccccc2-c2nc(-c3ccccc3-c3ccc4c(c3)sc3ccccc34)nc(-c3cccc4c3sc3ccccc34)n2)cc1. The van der Waals surface area contributed by atoms with Gasteiger partial charge in [-0.2, -0.15) is 0 Å². The molecule has 3 nitrogen and oxygen atoms in total. The molecule has 0 bridgehead atoms. The van der Waals surface area contributed by atoms with E-state index in [1.54, 1.807) is 11.3 Å². The Morgan fingerprint density at radius 3 is 1.48 bits per heavy atom. The lowest BCUT2D eigenvalue weighted by molar-refractivity contribution is 1.08. The summed E-state index contributed by atoms with van der Waals surface area (Å²) in [5.41, 5.74) is 7.38. The van der Waals surface area contributed by atoms with Crippen molar-refractivity contribution in [2.75, 3.05) is 0 Å². The third-order valence-corrected chi connectivity index (χ3v) is 11.7. The second kappa shape index (κ2) is 11.8. The summed E-state index contributed by atoms with van der Waals surface area (Å²) in [4.78, 5) is 15.8. The van der Waals surface area contributed by atoms with Crippen molar-refractivity contribution < 1.29 is 0 Å². The molecule has 0 amide bonds. The zero-order valence-corrected chi connectivity index (χ0v) is 28.4. The van der Waals surface area contributed by atoms with Crippen LogP contribution in [0.25, 0.3) is 96.8 Å². The van der Waals surface area contributed by atoms with Gasteiger partial charge in [0, 0.05) is 57.0 Å². The van der Waals surface area contributed by atoms with Crippen LogP contribution < -0.4 is 0 Å². The van der Waals surface area contributed by atoms with E-state index < -0.39 is 0 Å². The zero-order valence-electron chi connectivity index (χ0n) is 26.7. The van der Waals surface area contributed by atoms with E-state index in [1.807, 2.05) is 17.4 Å². The minimum Gasteiger partial charge on any atom is -0.208 e. The van der Waals surface area contributed by atoms with Crippen LogP contribution in [0.4, 0.5) is 0 Å². The van der Waals surface area contributed by atoms with Gasteiger partial charge in [0.15, 0.2) is 17.5 Å². The lowest BCUT2D eigenvalue weighted by Gasteiger charge is -2.14. The van der Waals surface area contributed by atoms with Gasteiger partial charge in [-0.1, -0.05) is 140 Å². The number of fused-ring (bicyclic) bond motifs is 6. The summed E-state index contributed by atoms with van der Waals surface area (Å²) in [5.74, 6) is 1.97. The molecule has 5 heteroatoms. The summed E-state index contributed by atoms with van der Waals surface area (Å²) in [5, 5.41) is 5.05. The maximum absolute atomic E-state index is 5.29. The third kappa shape index (κ3) is 4.82. The van der Waals surface area contributed by atoms with Gasteiger partial charge in [0.05, 0.1) is 0 Å². The first kappa shape index (κ1) is 29.0. The molecule has 7 aromatic carbocycles. The average molecular weight is 674 g/mol. The monoisotopic (exact) mass is 673 g/mol. The predicted octanol–water partition coefficient (Wildman–Crippen LogP) is 12.9. The molecule has 3 aromatic heterocycles. The van der Waals surface area contributed by atoms with Crippen LogP contribution in [0.2, 0.25) is 0 Å². The van der Waals surface area contributed by atoms with Crippen LogP contribution in [0.3, 0.4) is 0 Å². The summed E-state index contributed by atoms with van der Waals surface area (Å²) >= 11 is 3.62. The van der Waals surface area contributed by atoms with Gasteiger partial charge in [-0.25, -0.2) is 15.0 Å². The molecule has 234 valence electrons. The third-order valence-electron chi connectivity index (χ3n) is 9.39. The molecule has 0 aliphatic heterocycles. The number of nitrogens with zero attached hydrogens (tertiary/aromatic N) is 3. The number of thiophene rings is 2. The summed E-state index contributed by atoms with van der Waals surface area (Å²) in [6.07, 6.45) is 0. The summed E-state index contributed by atoms with van der Waals surface area (Å²) in [6.45, 7) is 0. The highest BCUT2D eigenvalue weighted by Gasteiger charge is 2.20. The van der Waals surface area contributed by atoms with Crippen LogP contribution in [0, 0.1) is 0 Å². The largest absolute Gasteiger partial charge is 0.208 e. The highest BCUT2D eigenvalue weighted by Crippen LogP contribution is 2.42. The van der Waals surface area contributed by atoms with Crippen molar-refractivity contribution in [1.29, 1.82) is 0 Å². The molecule has 10 aromatic rings.